The molecule has 0 radical (unpaired) electrons. The quantitative estimate of drug-likeness (QED) is 0.807. The van der Waals surface area contributed by atoms with E-state index >= 15 is 0 Å². The van der Waals surface area contributed by atoms with E-state index in [1.165, 1.54) is 5.56 Å². The Bertz CT molecular complexity index is 484. The van der Waals surface area contributed by atoms with Crippen LogP contribution >= 0.6 is 0 Å². The summed E-state index contributed by atoms with van der Waals surface area (Å²) < 4.78 is 0. The summed E-state index contributed by atoms with van der Waals surface area (Å²) in [6.07, 6.45) is 1.03. The third-order valence-electron chi connectivity index (χ3n) is 3.78. The first-order chi connectivity index (χ1) is 9.10. The van der Waals surface area contributed by atoms with Crippen molar-refractivity contribution in [2.24, 2.45) is 10.6 Å². The van der Waals surface area contributed by atoms with E-state index < -0.39 is 0 Å². The molecule has 0 bridgehead atoms. The van der Waals surface area contributed by atoms with E-state index in [1.54, 1.807) is 0 Å². The molecular formula is C17H27NO2. The van der Waals surface area contributed by atoms with Crippen molar-refractivity contribution in [1.29, 1.82) is 0 Å². The van der Waals surface area contributed by atoms with Crippen molar-refractivity contribution in [1.82, 2.24) is 0 Å². The van der Waals surface area contributed by atoms with Crippen molar-refractivity contribution in [3.63, 3.8) is 0 Å². The fraction of sp³-hybridized carbons (Fsp3) is 0.647. The highest BCUT2D eigenvalue weighted by Crippen LogP contribution is 2.37. The third-order valence-corrected chi connectivity index (χ3v) is 3.78. The van der Waals surface area contributed by atoms with Gasteiger partial charge in [0.2, 0.25) is 0 Å². The van der Waals surface area contributed by atoms with Crippen LogP contribution in [0.25, 0.3) is 0 Å². The molecule has 1 aromatic carbocycles. The second kappa shape index (κ2) is 6.04. The summed E-state index contributed by atoms with van der Waals surface area (Å²) in [5.74, 6) is 0. The van der Waals surface area contributed by atoms with E-state index in [0.29, 0.717) is 0 Å². The van der Waals surface area contributed by atoms with Crippen molar-refractivity contribution >= 4 is 0 Å². The Labute approximate surface area is 122 Å². The minimum atomic E-state index is -0.00644. The van der Waals surface area contributed by atoms with E-state index in [0.717, 1.165) is 23.1 Å². The molecule has 1 rings (SSSR count). The van der Waals surface area contributed by atoms with Gasteiger partial charge >= 0.3 is 0 Å². The average Bonchev–Trinajstić information content (AvgIpc) is 2.28. The zero-order valence-corrected chi connectivity index (χ0v) is 13.6. The van der Waals surface area contributed by atoms with Crippen molar-refractivity contribution < 1.29 is 5.11 Å². The summed E-state index contributed by atoms with van der Waals surface area (Å²) in [5.41, 5.74) is 4.17. The molecule has 20 heavy (non-hydrogen) atoms. The second-order valence-electron chi connectivity index (χ2n) is 7.49. The predicted octanol–water partition coefficient (Wildman–Crippen LogP) is 4.47. The molecule has 0 spiro atoms. The predicted molar refractivity (Wildman–Crippen MR) is 83.7 cm³/mol. The highest BCUT2D eigenvalue weighted by atomic mass is 16.3. The SMILES string of the molecule is Cc1c(CO)cc(C(C)(C)CC(C)(C)C)cc1CN=O. The van der Waals surface area contributed by atoms with Crippen LogP contribution in [0, 0.1) is 17.2 Å². The maximum atomic E-state index is 10.6. The number of benzene rings is 1. The molecule has 0 atom stereocenters. The van der Waals surface area contributed by atoms with Gasteiger partial charge in [0.25, 0.3) is 0 Å². The summed E-state index contributed by atoms with van der Waals surface area (Å²) in [4.78, 5) is 10.6. The van der Waals surface area contributed by atoms with Gasteiger partial charge in [0, 0.05) is 0 Å². The molecule has 0 aromatic heterocycles. The molecule has 112 valence electrons. The number of nitroso groups, excluding NO2 is 1. The van der Waals surface area contributed by atoms with Gasteiger partial charge in [-0.1, -0.05) is 51.9 Å². The average molecular weight is 277 g/mol. The lowest BCUT2D eigenvalue weighted by Crippen LogP contribution is -2.25. The normalized spacial score (nSPS) is 12.6. The maximum absolute atomic E-state index is 10.6. The number of hydrogen-bond acceptors (Lipinski definition) is 3. The highest BCUT2D eigenvalue weighted by Gasteiger charge is 2.28. The summed E-state index contributed by atoms with van der Waals surface area (Å²) in [7, 11) is 0. The van der Waals surface area contributed by atoms with Crippen LogP contribution in [0.15, 0.2) is 17.3 Å². The van der Waals surface area contributed by atoms with Gasteiger partial charge in [0.15, 0.2) is 0 Å². The molecule has 1 N–H and O–H groups in total. The van der Waals surface area contributed by atoms with Crippen LogP contribution in [0.5, 0.6) is 0 Å². The standard InChI is InChI=1S/C17H27NO2/c1-12-13(9-18-20)7-15(8-14(12)10-19)17(5,6)11-16(2,3)4/h7-8,19H,9-11H2,1-6H3. The lowest BCUT2D eigenvalue weighted by atomic mass is 9.71. The maximum Gasteiger partial charge on any atom is 0.106 e. The zero-order chi connectivity index (χ0) is 15.6. The topological polar surface area (TPSA) is 49.7 Å². The van der Waals surface area contributed by atoms with Crippen LogP contribution in [-0.4, -0.2) is 5.11 Å². The van der Waals surface area contributed by atoms with Gasteiger partial charge in [-0.25, -0.2) is 0 Å². The van der Waals surface area contributed by atoms with Crippen molar-refractivity contribution in [3.05, 3.63) is 39.3 Å². The van der Waals surface area contributed by atoms with E-state index in [4.69, 9.17) is 0 Å². The van der Waals surface area contributed by atoms with E-state index in [9.17, 15) is 10.0 Å². The van der Waals surface area contributed by atoms with Gasteiger partial charge in [0.1, 0.15) is 6.54 Å². The number of rotatable bonds is 5. The third kappa shape index (κ3) is 4.14. The van der Waals surface area contributed by atoms with E-state index in [2.05, 4.69) is 51.9 Å². The van der Waals surface area contributed by atoms with Gasteiger partial charge in [-0.15, -0.1) is 0 Å². The van der Waals surface area contributed by atoms with Crippen LogP contribution < -0.4 is 0 Å². The molecule has 0 aliphatic rings. The minimum absolute atomic E-state index is 0.00285. The summed E-state index contributed by atoms with van der Waals surface area (Å²) in [6, 6.07) is 4.14. The molecule has 1 aromatic rings. The Hall–Kier alpha value is -1.22. The lowest BCUT2D eigenvalue weighted by molar-refractivity contribution is 0.276. The van der Waals surface area contributed by atoms with Gasteiger partial charge in [-0.3, -0.25) is 0 Å². The highest BCUT2D eigenvalue weighted by molar-refractivity contribution is 5.41. The van der Waals surface area contributed by atoms with Crippen molar-refractivity contribution in [2.45, 2.75) is 66.5 Å². The van der Waals surface area contributed by atoms with E-state index in [1.807, 2.05) is 6.92 Å². The fourth-order valence-electron chi connectivity index (χ4n) is 3.06. The molecule has 0 aliphatic carbocycles. The Balaban J connectivity index is 3.30. The van der Waals surface area contributed by atoms with Crippen molar-refractivity contribution in [3.8, 4) is 0 Å². The first-order valence-electron chi connectivity index (χ1n) is 7.13. The molecule has 0 unspecified atom stereocenters. The number of aliphatic hydroxyl groups excluding tert-OH is 1. The lowest BCUT2D eigenvalue weighted by Gasteiger charge is -2.34. The fourth-order valence-corrected chi connectivity index (χ4v) is 3.06. The molecular weight excluding hydrogens is 250 g/mol. The Morgan fingerprint density at radius 3 is 2.10 bits per heavy atom. The molecule has 0 saturated carbocycles. The minimum Gasteiger partial charge on any atom is -0.392 e. The summed E-state index contributed by atoms with van der Waals surface area (Å²) in [6.45, 7) is 13.2. The van der Waals surface area contributed by atoms with Crippen LogP contribution in [0.4, 0.5) is 0 Å². The largest absolute Gasteiger partial charge is 0.392 e. The zero-order valence-electron chi connectivity index (χ0n) is 13.6. The van der Waals surface area contributed by atoms with Crippen LogP contribution in [0.1, 0.15) is 63.3 Å². The Kier molecular flexibility index (Phi) is 5.09. The molecule has 0 fully saturated rings. The van der Waals surface area contributed by atoms with Gasteiger partial charge in [-0.05, 0) is 46.4 Å². The van der Waals surface area contributed by atoms with Gasteiger partial charge in [-0.2, -0.15) is 4.91 Å². The molecule has 3 nitrogen and oxygen atoms in total. The molecule has 0 amide bonds. The van der Waals surface area contributed by atoms with Crippen LogP contribution in [0.2, 0.25) is 0 Å². The van der Waals surface area contributed by atoms with Crippen molar-refractivity contribution in [2.75, 3.05) is 0 Å². The monoisotopic (exact) mass is 277 g/mol. The Morgan fingerprint density at radius 2 is 1.65 bits per heavy atom. The first kappa shape index (κ1) is 16.8. The smallest absolute Gasteiger partial charge is 0.106 e. The van der Waals surface area contributed by atoms with Crippen LogP contribution in [-0.2, 0) is 18.6 Å². The number of hydrogen-bond donors (Lipinski definition) is 1. The van der Waals surface area contributed by atoms with Gasteiger partial charge < -0.3 is 5.11 Å². The first-order valence-corrected chi connectivity index (χ1v) is 7.13. The number of aliphatic hydroxyl groups is 1. The van der Waals surface area contributed by atoms with Crippen LogP contribution in [0.3, 0.4) is 0 Å². The molecule has 0 aliphatic heterocycles. The molecule has 0 saturated heterocycles. The summed E-state index contributed by atoms with van der Waals surface area (Å²) >= 11 is 0. The molecule has 0 heterocycles. The molecule has 3 heteroatoms. The van der Waals surface area contributed by atoms with Gasteiger partial charge in [0.05, 0.1) is 6.61 Å². The summed E-state index contributed by atoms with van der Waals surface area (Å²) in [5, 5.41) is 12.5. The number of nitrogens with zero attached hydrogens (tertiary/aromatic N) is 1. The Morgan fingerprint density at radius 1 is 1.10 bits per heavy atom. The van der Waals surface area contributed by atoms with E-state index in [-0.39, 0.29) is 24.0 Å². The second-order valence-corrected chi connectivity index (χ2v) is 7.49.